The minimum Gasteiger partial charge on any atom is -0.490 e. The highest BCUT2D eigenvalue weighted by atomic mass is 19.1. The van der Waals surface area contributed by atoms with Gasteiger partial charge in [-0.3, -0.25) is 0 Å². The van der Waals surface area contributed by atoms with Gasteiger partial charge in [-0.1, -0.05) is 12.1 Å². The zero-order valence-electron chi connectivity index (χ0n) is 8.83. The average Bonchev–Trinajstić information content (AvgIpc) is 2.73. The van der Waals surface area contributed by atoms with E-state index < -0.39 is 0 Å². The van der Waals surface area contributed by atoms with Crippen LogP contribution in [0, 0.1) is 18.7 Å². The van der Waals surface area contributed by atoms with Crippen LogP contribution in [0.3, 0.4) is 0 Å². The van der Waals surface area contributed by atoms with Gasteiger partial charge in [-0.15, -0.1) is 0 Å². The van der Waals surface area contributed by atoms with Crippen molar-refractivity contribution in [2.24, 2.45) is 5.92 Å². The van der Waals surface area contributed by atoms with Gasteiger partial charge in [-0.2, -0.15) is 0 Å². The third-order valence-electron chi connectivity index (χ3n) is 2.65. The van der Waals surface area contributed by atoms with Gasteiger partial charge in [0.15, 0.2) is 11.6 Å². The molecule has 3 heteroatoms. The summed E-state index contributed by atoms with van der Waals surface area (Å²) < 4.78 is 24.2. The van der Waals surface area contributed by atoms with Crippen molar-refractivity contribution in [2.75, 3.05) is 19.8 Å². The van der Waals surface area contributed by atoms with Gasteiger partial charge in [0.25, 0.3) is 0 Å². The zero-order valence-corrected chi connectivity index (χ0v) is 8.83. The van der Waals surface area contributed by atoms with E-state index in [-0.39, 0.29) is 5.82 Å². The van der Waals surface area contributed by atoms with Crippen molar-refractivity contribution in [1.82, 2.24) is 0 Å². The molecule has 1 aliphatic rings. The number of hydrogen-bond donors (Lipinski definition) is 0. The van der Waals surface area contributed by atoms with E-state index in [1.165, 1.54) is 0 Å². The van der Waals surface area contributed by atoms with Gasteiger partial charge in [-0.25, -0.2) is 4.39 Å². The van der Waals surface area contributed by atoms with E-state index in [2.05, 4.69) is 0 Å². The van der Waals surface area contributed by atoms with E-state index in [0.717, 1.165) is 19.6 Å². The molecule has 0 aromatic heterocycles. The van der Waals surface area contributed by atoms with Crippen molar-refractivity contribution in [3.8, 4) is 5.75 Å². The third-order valence-corrected chi connectivity index (χ3v) is 2.65. The fourth-order valence-electron chi connectivity index (χ4n) is 1.65. The molecule has 0 radical (unpaired) electrons. The standard InChI is InChI=1S/C12H15FO2/c1-9-3-2-4-11(12(9)13)15-8-10-5-6-14-7-10/h2-4,10H,5-8H2,1H3/t10-/m1/s1. The summed E-state index contributed by atoms with van der Waals surface area (Å²) in [5.74, 6) is 0.503. The largest absolute Gasteiger partial charge is 0.490 e. The van der Waals surface area contributed by atoms with E-state index in [9.17, 15) is 4.39 Å². The van der Waals surface area contributed by atoms with Gasteiger partial charge >= 0.3 is 0 Å². The maximum Gasteiger partial charge on any atom is 0.167 e. The highest BCUT2D eigenvalue weighted by Gasteiger charge is 2.17. The first-order valence-corrected chi connectivity index (χ1v) is 5.23. The molecule has 1 aromatic rings. The van der Waals surface area contributed by atoms with Gasteiger partial charge in [0.1, 0.15) is 0 Å². The molecule has 1 aromatic carbocycles. The van der Waals surface area contributed by atoms with Crippen LogP contribution in [-0.4, -0.2) is 19.8 Å². The lowest BCUT2D eigenvalue weighted by Crippen LogP contribution is -2.12. The molecular formula is C12H15FO2. The summed E-state index contributed by atoms with van der Waals surface area (Å²) in [6.07, 6.45) is 1.01. The highest BCUT2D eigenvalue weighted by Crippen LogP contribution is 2.21. The van der Waals surface area contributed by atoms with E-state index in [1.54, 1.807) is 25.1 Å². The molecule has 1 aliphatic heterocycles. The summed E-state index contributed by atoms with van der Waals surface area (Å²) >= 11 is 0. The van der Waals surface area contributed by atoms with Crippen LogP contribution < -0.4 is 4.74 Å². The molecule has 1 saturated heterocycles. The number of hydrogen-bond acceptors (Lipinski definition) is 2. The van der Waals surface area contributed by atoms with E-state index in [0.29, 0.717) is 23.8 Å². The Morgan fingerprint density at radius 3 is 3.13 bits per heavy atom. The second-order valence-electron chi connectivity index (χ2n) is 3.93. The first-order chi connectivity index (χ1) is 7.27. The first-order valence-electron chi connectivity index (χ1n) is 5.23. The van der Waals surface area contributed by atoms with E-state index in [1.807, 2.05) is 0 Å². The number of ether oxygens (including phenoxy) is 2. The number of halogens is 1. The Morgan fingerprint density at radius 1 is 1.53 bits per heavy atom. The predicted octanol–water partition coefficient (Wildman–Crippen LogP) is 2.55. The molecule has 0 unspecified atom stereocenters. The molecule has 1 atom stereocenters. The lowest BCUT2D eigenvalue weighted by molar-refractivity contribution is 0.165. The van der Waals surface area contributed by atoms with Gasteiger partial charge in [0.2, 0.25) is 0 Å². The molecule has 1 fully saturated rings. The van der Waals surface area contributed by atoms with Crippen molar-refractivity contribution in [3.05, 3.63) is 29.6 Å². The minimum atomic E-state index is -0.253. The lowest BCUT2D eigenvalue weighted by Gasteiger charge is -2.11. The van der Waals surface area contributed by atoms with Gasteiger partial charge < -0.3 is 9.47 Å². The fourth-order valence-corrected chi connectivity index (χ4v) is 1.65. The van der Waals surface area contributed by atoms with Gasteiger partial charge in [-0.05, 0) is 25.0 Å². The molecule has 0 bridgehead atoms. The molecule has 1 heterocycles. The maximum atomic E-state index is 13.5. The predicted molar refractivity (Wildman–Crippen MR) is 55.6 cm³/mol. The Bertz CT molecular complexity index is 332. The molecule has 15 heavy (non-hydrogen) atoms. The van der Waals surface area contributed by atoms with Crippen LogP contribution in [0.4, 0.5) is 4.39 Å². The molecule has 2 nitrogen and oxygen atoms in total. The normalized spacial score (nSPS) is 20.5. The monoisotopic (exact) mass is 210 g/mol. The summed E-state index contributed by atoms with van der Waals surface area (Å²) in [5.41, 5.74) is 0.621. The van der Waals surface area contributed by atoms with Crippen LogP contribution in [0.5, 0.6) is 5.75 Å². The Hall–Kier alpha value is -1.09. The highest BCUT2D eigenvalue weighted by molar-refractivity contribution is 5.30. The van der Waals surface area contributed by atoms with Crippen LogP contribution in [0.15, 0.2) is 18.2 Å². The molecule has 0 N–H and O–H groups in total. The van der Waals surface area contributed by atoms with Crippen LogP contribution in [0.25, 0.3) is 0 Å². The summed E-state index contributed by atoms with van der Waals surface area (Å²) in [6, 6.07) is 5.21. The van der Waals surface area contributed by atoms with Gasteiger partial charge in [0, 0.05) is 12.5 Å². The van der Waals surface area contributed by atoms with Crippen molar-refractivity contribution >= 4 is 0 Å². The molecule has 0 saturated carbocycles. The van der Waals surface area contributed by atoms with Crippen molar-refractivity contribution in [3.63, 3.8) is 0 Å². The number of benzene rings is 1. The second kappa shape index (κ2) is 4.62. The van der Waals surface area contributed by atoms with Crippen LogP contribution in [-0.2, 0) is 4.74 Å². The quantitative estimate of drug-likeness (QED) is 0.763. The topological polar surface area (TPSA) is 18.5 Å². The maximum absolute atomic E-state index is 13.5. The minimum absolute atomic E-state index is 0.253. The van der Waals surface area contributed by atoms with Crippen molar-refractivity contribution in [1.29, 1.82) is 0 Å². The zero-order chi connectivity index (χ0) is 10.7. The number of rotatable bonds is 3. The summed E-state index contributed by atoms with van der Waals surface area (Å²) in [5, 5.41) is 0. The van der Waals surface area contributed by atoms with E-state index in [4.69, 9.17) is 9.47 Å². The van der Waals surface area contributed by atoms with Crippen LogP contribution >= 0.6 is 0 Å². The fraction of sp³-hybridized carbons (Fsp3) is 0.500. The molecule has 0 amide bonds. The molecule has 0 spiro atoms. The smallest absolute Gasteiger partial charge is 0.167 e. The summed E-state index contributed by atoms with van der Waals surface area (Å²) in [7, 11) is 0. The van der Waals surface area contributed by atoms with Crippen LogP contribution in [0.1, 0.15) is 12.0 Å². The van der Waals surface area contributed by atoms with Crippen LogP contribution in [0.2, 0.25) is 0 Å². The Morgan fingerprint density at radius 2 is 2.40 bits per heavy atom. The van der Waals surface area contributed by atoms with Gasteiger partial charge in [0.05, 0.1) is 13.2 Å². The molecular weight excluding hydrogens is 195 g/mol. The third kappa shape index (κ3) is 2.48. The lowest BCUT2D eigenvalue weighted by atomic mass is 10.1. The first kappa shape index (κ1) is 10.4. The summed E-state index contributed by atoms with van der Waals surface area (Å²) in [6.45, 7) is 3.80. The average molecular weight is 210 g/mol. The van der Waals surface area contributed by atoms with Crippen molar-refractivity contribution < 1.29 is 13.9 Å². The number of aryl methyl sites for hydroxylation is 1. The SMILES string of the molecule is Cc1cccc(OC[C@@H]2CCOC2)c1F. The molecule has 82 valence electrons. The molecule has 0 aliphatic carbocycles. The Labute approximate surface area is 89.0 Å². The Balaban J connectivity index is 1.95. The molecule has 2 rings (SSSR count). The van der Waals surface area contributed by atoms with E-state index >= 15 is 0 Å². The Kier molecular flexibility index (Phi) is 3.21. The van der Waals surface area contributed by atoms with Crippen molar-refractivity contribution in [2.45, 2.75) is 13.3 Å². The summed E-state index contributed by atoms with van der Waals surface area (Å²) in [4.78, 5) is 0. The second-order valence-corrected chi connectivity index (χ2v) is 3.93.